The number of aromatic nitrogens is 3. The highest BCUT2D eigenvalue weighted by Crippen LogP contribution is 2.37. The molecular formula is C28H26FN5O4. The highest BCUT2D eigenvalue weighted by atomic mass is 19.1. The summed E-state index contributed by atoms with van der Waals surface area (Å²) in [5.41, 5.74) is 2.86. The van der Waals surface area contributed by atoms with Crippen molar-refractivity contribution in [3.05, 3.63) is 101 Å². The zero-order valence-electron chi connectivity index (χ0n) is 21.1. The standard InChI is InChI=1S/C28H26FN5O4/c1-17-25(27(35)33-23-13-12-21(36-2)14-24(23)37-3)26(34-28(32-17)30-16-31-34)18-8-10-20(11-9-18)38-15-19-6-4-5-7-22(19)29/h4-14,16,26H,15H2,1-3H3,(H,33,35)(H,30,31,32). The maximum absolute atomic E-state index is 13.9. The van der Waals surface area contributed by atoms with E-state index in [0.717, 1.165) is 5.56 Å². The average Bonchev–Trinajstić information content (AvgIpc) is 3.40. The first-order chi connectivity index (χ1) is 18.5. The monoisotopic (exact) mass is 515 g/mol. The van der Waals surface area contributed by atoms with Crippen LogP contribution in [-0.2, 0) is 11.4 Å². The molecule has 9 nitrogen and oxygen atoms in total. The Bertz CT molecular complexity index is 1500. The quantitative estimate of drug-likeness (QED) is 0.343. The molecule has 1 atom stereocenters. The van der Waals surface area contributed by atoms with Gasteiger partial charge in [-0.2, -0.15) is 10.1 Å². The summed E-state index contributed by atoms with van der Waals surface area (Å²) >= 11 is 0. The Morgan fingerprint density at radius 1 is 1.05 bits per heavy atom. The number of allylic oxidation sites excluding steroid dienone is 1. The minimum absolute atomic E-state index is 0.100. The molecule has 1 aliphatic heterocycles. The molecule has 0 aliphatic carbocycles. The van der Waals surface area contributed by atoms with Crippen LogP contribution in [0.1, 0.15) is 24.1 Å². The molecule has 4 aromatic rings. The zero-order chi connectivity index (χ0) is 26.6. The third-order valence-electron chi connectivity index (χ3n) is 6.24. The molecule has 10 heteroatoms. The van der Waals surface area contributed by atoms with Gasteiger partial charge in [-0.3, -0.25) is 4.79 Å². The first-order valence-corrected chi connectivity index (χ1v) is 11.9. The first-order valence-electron chi connectivity index (χ1n) is 11.9. The van der Waals surface area contributed by atoms with E-state index in [1.807, 2.05) is 19.1 Å². The van der Waals surface area contributed by atoms with Crippen molar-refractivity contribution in [2.24, 2.45) is 0 Å². The van der Waals surface area contributed by atoms with Crippen molar-refractivity contribution in [1.29, 1.82) is 0 Å². The minimum Gasteiger partial charge on any atom is -0.497 e. The summed E-state index contributed by atoms with van der Waals surface area (Å²) in [5.74, 6) is 1.52. The van der Waals surface area contributed by atoms with Crippen LogP contribution in [0, 0.1) is 5.82 Å². The van der Waals surface area contributed by atoms with E-state index in [9.17, 15) is 9.18 Å². The van der Waals surface area contributed by atoms with Crippen molar-refractivity contribution in [2.75, 3.05) is 24.9 Å². The SMILES string of the molecule is COc1ccc(NC(=O)C2=C(C)Nc3ncnn3C2c2ccc(OCc3ccccc3F)cc2)c(OC)c1. The summed E-state index contributed by atoms with van der Waals surface area (Å²) in [4.78, 5) is 17.9. The van der Waals surface area contributed by atoms with Crippen LogP contribution in [-0.4, -0.2) is 34.9 Å². The predicted molar refractivity (Wildman–Crippen MR) is 140 cm³/mol. The molecule has 194 valence electrons. The van der Waals surface area contributed by atoms with Gasteiger partial charge in [0.25, 0.3) is 5.91 Å². The minimum atomic E-state index is -0.557. The van der Waals surface area contributed by atoms with E-state index in [1.54, 1.807) is 60.3 Å². The summed E-state index contributed by atoms with van der Waals surface area (Å²) < 4.78 is 32.1. The summed E-state index contributed by atoms with van der Waals surface area (Å²) in [7, 11) is 3.09. The molecule has 3 aromatic carbocycles. The van der Waals surface area contributed by atoms with E-state index < -0.39 is 6.04 Å². The van der Waals surface area contributed by atoms with Crippen LogP contribution >= 0.6 is 0 Å². The molecule has 1 amide bonds. The highest BCUT2D eigenvalue weighted by molar-refractivity contribution is 6.06. The Morgan fingerprint density at radius 3 is 2.55 bits per heavy atom. The molecule has 1 aromatic heterocycles. The van der Waals surface area contributed by atoms with Gasteiger partial charge in [-0.15, -0.1) is 0 Å². The number of carbonyl (C=O) groups is 1. The van der Waals surface area contributed by atoms with Gasteiger partial charge in [0.05, 0.1) is 25.5 Å². The van der Waals surface area contributed by atoms with Crippen LogP contribution < -0.4 is 24.8 Å². The number of anilines is 2. The number of carbonyl (C=O) groups excluding carboxylic acids is 1. The lowest BCUT2D eigenvalue weighted by Gasteiger charge is -2.29. The molecule has 2 heterocycles. The lowest BCUT2D eigenvalue weighted by molar-refractivity contribution is -0.113. The van der Waals surface area contributed by atoms with Gasteiger partial charge in [0.15, 0.2) is 0 Å². The topological polar surface area (TPSA) is 99.5 Å². The average molecular weight is 516 g/mol. The maximum Gasteiger partial charge on any atom is 0.255 e. The fourth-order valence-electron chi connectivity index (χ4n) is 4.31. The van der Waals surface area contributed by atoms with Crippen LogP contribution in [0.2, 0.25) is 0 Å². The fraction of sp³-hybridized carbons (Fsp3) is 0.179. The summed E-state index contributed by atoms with van der Waals surface area (Å²) in [6.07, 6.45) is 1.43. The summed E-state index contributed by atoms with van der Waals surface area (Å²) in [6, 6.07) is 18.4. The largest absolute Gasteiger partial charge is 0.497 e. The van der Waals surface area contributed by atoms with Gasteiger partial charge in [0, 0.05) is 17.3 Å². The van der Waals surface area contributed by atoms with Crippen LogP contribution in [0.15, 0.2) is 84.3 Å². The second-order valence-corrected chi connectivity index (χ2v) is 8.56. The number of methoxy groups -OCH3 is 2. The molecule has 1 aliphatic rings. The number of ether oxygens (including phenoxy) is 3. The van der Waals surface area contributed by atoms with E-state index in [-0.39, 0.29) is 18.3 Å². The summed E-state index contributed by atoms with van der Waals surface area (Å²) in [5, 5.41) is 10.5. The van der Waals surface area contributed by atoms with E-state index in [4.69, 9.17) is 14.2 Å². The number of benzene rings is 3. The van der Waals surface area contributed by atoms with Gasteiger partial charge in [0.1, 0.15) is 42.0 Å². The molecule has 1 unspecified atom stereocenters. The molecule has 0 radical (unpaired) electrons. The van der Waals surface area contributed by atoms with E-state index in [1.165, 1.54) is 19.5 Å². The second-order valence-electron chi connectivity index (χ2n) is 8.56. The number of rotatable bonds is 8. The van der Waals surface area contributed by atoms with Gasteiger partial charge < -0.3 is 24.8 Å². The second kappa shape index (κ2) is 10.6. The van der Waals surface area contributed by atoms with E-state index >= 15 is 0 Å². The normalized spacial score (nSPS) is 14.4. The van der Waals surface area contributed by atoms with Gasteiger partial charge in [-0.1, -0.05) is 30.3 Å². The molecule has 0 bridgehead atoms. The first kappa shape index (κ1) is 24.8. The Hall–Kier alpha value is -4.86. The number of fused-ring (bicyclic) bond motifs is 1. The van der Waals surface area contributed by atoms with Crippen molar-refractivity contribution in [3.63, 3.8) is 0 Å². The Morgan fingerprint density at radius 2 is 1.82 bits per heavy atom. The third-order valence-corrected chi connectivity index (χ3v) is 6.24. The lowest BCUT2D eigenvalue weighted by atomic mass is 9.95. The van der Waals surface area contributed by atoms with Crippen molar-refractivity contribution in [3.8, 4) is 17.2 Å². The van der Waals surface area contributed by atoms with Gasteiger partial charge in [0.2, 0.25) is 5.95 Å². The number of nitrogens with one attached hydrogen (secondary N) is 2. The molecule has 2 N–H and O–H groups in total. The molecule has 0 saturated heterocycles. The van der Waals surface area contributed by atoms with Crippen molar-refractivity contribution in [1.82, 2.24) is 14.8 Å². The zero-order valence-corrected chi connectivity index (χ0v) is 21.1. The Balaban J connectivity index is 1.42. The number of nitrogens with zero attached hydrogens (tertiary/aromatic N) is 3. The Kier molecular flexibility index (Phi) is 6.94. The van der Waals surface area contributed by atoms with Gasteiger partial charge in [-0.25, -0.2) is 9.07 Å². The molecule has 38 heavy (non-hydrogen) atoms. The number of halogens is 1. The van der Waals surface area contributed by atoms with Crippen molar-refractivity contribution in [2.45, 2.75) is 19.6 Å². The summed E-state index contributed by atoms with van der Waals surface area (Å²) in [6.45, 7) is 1.92. The Labute approximate surface area is 218 Å². The predicted octanol–water partition coefficient (Wildman–Crippen LogP) is 4.94. The lowest BCUT2D eigenvalue weighted by Crippen LogP contribution is -2.31. The number of amides is 1. The molecule has 0 fully saturated rings. The van der Waals surface area contributed by atoms with Crippen LogP contribution in [0.5, 0.6) is 17.2 Å². The van der Waals surface area contributed by atoms with E-state index in [0.29, 0.717) is 45.7 Å². The molecule has 5 rings (SSSR count). The van der Waals surface area contributed by atoms with Crippen molar-refractivity contribution < 1.29 is 23.4 Å². The highest BCUT2D eigenvalue weighted by Gasteiger charge is 2.33. The van der Waals surface area contributed by atoms with E-state index in [2.05, 4.69) is 20.7 Å². The number of hydrogen-bond acceptors (Lipinski definition) is 7. The molecular weight excluding hydrogens is 489 g/mol. The van der Waals surface area contributed by atoms with Crippen LogP contribution in [0.4, 0.5) is 16.0 Å². The number of hydrogen-bond donors (Lipinski definition) is 2. The van der Waals surface area contributed by atoms with Crippen LogP contribution in [0.25, 0.3) is 0 Å². The smallest absolute Gasteiger partial charge is 0.255 e. The molecule has 0 spiro atoms. The van der Waals surface area contributed by atoms with Crippen LogP contribution in [0.3, 0.4) is 0 Å². The van der Waals surface area contributed by atoms with Crippen molar-refractivity contribution >= 4 is 17.5 Å². The van der Waals surface area contributed by atoms with Gasteiger partial charge >= 0.3 is 0 Å². The fourth-order valence-corrected chi connectivity index (χ4v) is 4.31. The maximum atomic E-state index is 13.9. The third kappa shape index (κ3) is 4.88. The van der Waals surface area contributed by atoms with Gasteiger partial charge in [-0.05, 0) is 42.8 Å². The molecule has 0 saturated carbocycles.